The van der Waals surface area contributed by atoms with Crippen LogP contribution in [0.25, 0.3) is 0 Å². The minimum atomic E-state index is -1.09. The van der Waals surface area contributed by atoms with Gasteiger partial charge in [-0.2, -0.15) is 0 Å². The number of hydrogen-bond donors (Lipinski definition) is 3. The number of rotatable bonds is 4. The fraction of sp³-hybridized carbons (Fsp3) is 0.562. The third-order valence-corrected chi connectivity index (χ3v) is 6.49. The fourth-order valence-corrected chi connectivity index (χ4v) is 5.04. The average Bonchev–Trinajstić information content (AvgIpc) is 2.83. The maximum absolute atomic E-state index is 12.5. The number of nitrogens with zero attached hydrogens (tertiary/aromatic N) is 2. The Morgan fingerprint density at radius 1 is 1.33 bits per heavy atom. The van der Waals surface area contributed by atoms with E-state index in [1.165, 1.54) is 36.7 Å². The number of carboxylic acid groups (broad SMARTS) is 1. The Balaban J connectivity index is 1.77. The highest BCUT2D eigenvalue weighted by Gasteiger charge is 2.64. The van der Waals surface area contributed by atoms with Crippen LogP contribution in [0.5, 0.6) is 0 Å². The number of hydrogen-bond acceptors (Lipinski definition) is 6. The fourth-order valence-electron chi connectivity index (χ4n) is 3.42. The predicted octanol–water partition coefficient (Wildman–Crippen LogP) is -0.962. The quantitative estimate of drug-likeness (QED) is 0.556. The Bertz CT molecular complexity index is 951. The highest BCUT2D eigenvalue weighted by molar-refractivity contribution is 8.01. The lowest BCUT2D eigenvalue weighted by molar-refractivity contribution is -0.161. The molecule has 0 bridgehead atoms. The van der Waals surface area contributed by atoms with Crippen molar-refractivity contribution in [2.24, 2.45) is 0 Å². The van der Waals surface area contributed by atoms with Gasteiger partial charge in [-0.3, -0.25) is 23.9 Å². The van der Waals surface area contributed by atoms with Gasteiger partial charge in [0.1, 0.15) is 23.5 Å². The first-order valence-electron chi connectivity index (χ1n) is 8.31. The summed E-state index contributed by atoms with van der Waals surface area (Å²) in [6, 6.07) is -2.77. The second-order valence-corrected chi connectivity index (χ2v) is 9.01. The molecule has 27 heavy (non-hydrogen) atoms. The topological polar surface area (TPSA) is 142 Å². The zero-order valence-corrected chi connectivity index (χ0v) is 16.0. The average molecular weight is 396 g/mol. The number of thioether (sulfide) groups is 1. The van der Waals surface area contributed by atoms with Crippen molar-refractivity contribution in [3.05, 3.63) is 32.6 Å². The van der Waals surface area contributed by atoms with E-state index in [0.29, 0.717) is 0 Å². The Kier molecular flexibility index (Phi) is 4.45. The molecule has 1 unspecified atom stereocenters. The summed E-state index contributed by atoms with van der Waals surface area (Å²) in [6.07, 6.45) is 1.29. The Morgan fingerprint density at radius 2 is 1.96 bits per heavy atom. The van der Waals surface area contributed by atoms with Crippen LogP contribution in [0.2, 0.25) is 0 Å². The smallest absolute Gasteiger partial charge is 0.329 e. The number of carbonyl (C=O) groups excluding carboxylic acids is 2. The first-order valence-corrected chi connectivity index (χ1v) is 9.19. The van der Waals surface area contributed by atoms with Crippen LogP contribution in [0, 0.1) is 6.92 Å². The standard InChI is InChI=1S/C16H20N4O6S/c1-6-5-19(15(26)18-10(6)21)7(2)11(22)17-8-12(23)20-9(14(24)25)16(3,4)27-13(8)20/h5,7-9,13H,1-4H3,(H,17,22)(H,24,25)(H,18,21,26)/t7?,8-,9+,13-/m1/s1. The second kappa shape index (κ2) is 6.25. The highest BCUT2D eigenvalue weighted by atomic mass is 32.2. The van der Waals surface area contributed by atoms with E-state index in [2.05, 4.69) is 10.3 Å². The Morgan fingerprint density at radius 3 is 2.56 bits per heavy atom. The summed E-state index contributed by atoms with van der Waals surface area (Å²) in [4.78, 5) is 63.3. The van der Waals surface area contributed by atoms with E-state index in [1.54, 1.807) is 13.8 Å². The van der Waals surface area contributed by atoms with Gasteiger partial charge in [0.25, 0.3) is 5.56 Å². The molecule has 0 saturated carbocycles. The molecule has 2 amide bonds. The van der Waals surface area contributed by atoms with E-state index < -0.39 is 57.3 Å². The lowest BCUT2D eigenvalue weighted by Gasteiger charge is -2.43. The first kappa shape index (κ1) is 19.2. The molecule has 1 aromatic heterocycles. The molecule has 146 valence electrons. The largest absolute Gasteiger partial charge is 0.480 e. The van der Waals surface area contributed by atoms with E-state index in [1.807, 2.05) is 0 Å². The zero-order chi connectivity index (χ0) is 20.3. The number of fused-ring (bicyclic) bond motifs is 1. The Labute approximate surface area is 157 Å². The molecule has 3 rings (SSSR count). The maximum Gasteiger partial charge on any atom is 0.329 e. The monoisotopic (exact) mass is 396 g/mol. The SMILES string of the molecule is Cc1cn(C(C)C(=O)N[C@@H]2C(=O)N3[C@@H]2SC(C)(C)[C@@H]3C(=O)O)c(=O)[nH]c1=O. The molecular formula is C16H20N4O6S. The van der Waals surface area contributed by atoms with Gasteiger partial charge in [-0.05, 0) is 27.7 Å². The highest BCUT2D eigenvalue weighted by Crippen LogP contribution is 2.50. The summed E-state index contributed by atoms with van der Waals surface area (Å²) in [5.41, 5.74) is -0.979. The minimum absolute atomic E-state index is 0.276. The molecule has 0 aromatic carbocycles. The van der Waals surface area contributed by atoms with Crippen LogP contribution in [0.1, 0.15) is 32.4 Å². The van der Waals surface area contributed by atoms with Crippen molar-refractivity contribution >= 4 is 29.5 Å². The van der Waals surface area contributed by atoms with Gasteiger partial charge in [0.2, 0.25) is 11.8 Å². The van der Waals surface area contributed by atoms with Crippen LogP contribution in [0.4, 0.5) is 0 Å². The van der Waals surface area contributed by atoms with Crippen LogP contribution >= 0.6 is 11.8 Å². The van der Waals surface area contributed by atoms with Crippen molar-refractivity contribution in [1.29, 1.82) is 0 Å². The second-order valence-electron chi connectivity index (χ2n) is 7.24. The molecule has 1 aromatic rings. The van der Waals surface area contributed by atoms with Gasteiger partial charge in [-0.25, -0.2) is 9.59 Å². The predicted molar refractivity (Wildman–Crippen MR) is 96.4 cm³/mol. The Hall–Kier alpha value is -2.56. The maximum atomic E-state index is 12.5. The number of carbonyl (C=O) groups is 3. The molecule has 3 N–H and O–H groups in total. The number of aliphatic carboxylic acids is 1. The van der Waals surface area contributed by atoms with Gasteiger partial charge >= 0.3 is 11.7 Å². The summed E-state index contributed by atoms with van der Waals surface area (Å²) in [7, 11) is 0. The van der Waals surface area contributed by atoms with Crippen molar-refractivity contribution in [2.75, 3.05) is 0 Å². The van der Waals surface area contributed by atoms with Gasteiger partial charge in [0.15, 0.2) is 0 Å². The summed E-state index contributed by atoms with van der Waals surface area (Å²) >= 11 is 1.32. The van der Waals surface area contributed by atoms with Gasteiger partial charge < -0.3 is 15.3 Å². The molecule has 11 heteroatoms. The number of amides is 2. The number of nitrogens with one attached hydrogen (secondary N) is 2. The van der Waals surface area contributed by atoms with E-state index in [9.17, 15) is 29.1 Å². The van der Waals surface area contributed by atoms with Crippen molar-refractivity contribution in [3.63, 3.8) is 0 Å². The van der Waals surface area contributed by atoms with Crippen molar-refractivity contribution in [3.8, 4) is 0 Å². The molecule has 10 nitrogen and oxygen atoms in total. The number of H-pyrrole nitrogens is 1. The minimum Gasteiger partial charge on any atom is -0.480 e. The summed E-state index contributed by atoms with van der Waals surface area (Å²) in [6.45, 7) is 6.47. The number of aryl methyl sites for hydroxylation is 1. The van der Waals surface area contributed by atoms with Gasteiger partial charge in [-0.15, -0.1) is 11.8 Å². The lowest BCUT2D eigenvalue weighted by Crippen LogP contribution is -2.71. The zero-order valence-electron chi connectivity index (χ0n) is 15.2. The van der Waals surface area contributed by atoms with Crippen molar-refractivity contribution < 1.29 is 19.5 Å². The van der Waals surface area contributed by atoms with Crippen LogP contribution in [-0.2, 0) is 14.4 Å². The lowest BCUT2D eigenvalue weighted by atomic mass is 9.96. The third kappa shape index (κ3) is 2.95. The van der Waals surface area contributed by atoms with Crippen LogP contribution < -0.4 is 16.6 Å². The molecule has 3 heterocycles. The van der Waals surface area contributed by atoms with Gasteiger partial charge in [0, 0.05) is 16.5 Å². The molecule has 4 atom stereocenters. The molecular weight excluding hydrogens is 376 g/mol. The molecule has 0 aliphatic carbocycles. The third-order valence-electron chi connectivity index (χ3n) is 4.92. The summed E-state index contributed by atoms with van der Waals surface area (Å²) < 4.78 is 0.392. The molecule has 2 aliphatic rings. The van der Waals surface area contributed by atoms with E-state index >= 15 is 0 Å². The first-order chi connectivity index (χ1) is 12.5. The van der Waals surface area contributed by atoms with Gasteiger partial charge in [-0.1, -0.05) is 0 Å². The number of aromatic nitrogens is 2. The molecule has 2 fully saturated rings. The number of carboxylic acids is 1. The molecule has 0 spiro atoms. The van der Waals surface area contributed by atoms with E-state index in [4.69, 9.17) is 0 Å². The van der Waals surface area contributed by atoms with Crippen molar-refractivity contribution in [1.82, 2.24) is 19.8 Å². The number of aromatic amines is 1. The summed E-state index contributed by atoms with van der Waals surface area (Å²) in [5, 5.41) is 11.5. The van der Waals surface area contributed by atoms with Crippen molar-refractivity contribution in [2.45, 2.75) is 55.9 Å². The normalized spacial score (nSPS) is 26.9. The van der Waals surface area contributed by atoms with E-state index in [0.717, 1.165) is 4.57 Å². The molecule has 2 aliphatic heterocycles. The number of β-lactam (4-membered cyclic amide) rings is 1. The van der Waals surface area contributed by atoms with Gasteiger partial charge in [0.05, 0.1) is 0 Å². The van der Waals surface area contributed by atoms with E-state index in [-0.39, 0.29) is 5.56 Å². The molecule has 2 saturated heterocycles. The van der Waals surface area contributed by atoms with Crippen LogP contribution in [-0.4, -0.2) is 59.5 Å². The molecule has 0 radical (unpaired) electrons. The summed E-state index contributed by atoms with van der Waals surface area (Å²) in [5.74, 6) is -2.12. The van der Waals surface area contributed by atoms with Crippen LogP contribution in [0.15, 0.2) is 15.8 Å². The van der Waals surface area contributed by atoms with Crippen LogP contribution in [0.3, 0.4) is 0 Å².